The minimum Gasteiger partial charge on any atom is -0.351 e. The summed E-state index contributed by atoms with van der Waals surface area (Å²) in [5.41, 5.74) is -0.187. The number of hydrogen-bond acceptors (Lipinski definition) is 3. The van der Waals surface area contributed by atoms with Crippen molar-refractivity contribution in [2.75, 3.05) is 13.1 Å². The molecule has 2 heterocycles. The lowest BCUT2D eigenvalue weighted by molar-refractivity contribution is 0.0919. The average molecular weight is 404 g/mol. The van der Waals surface area contributed by atoms with E-state index in [9.17, 15) is 26.7 Å². The van der Waals surface area contributed by atoms with E-state index in [2.05, 4.69) is 16.3 Å². The first-order chi connectivity index (χ1) is 12.7. The van der Waals surface area contributed by atoms with E-state index < -0.39 is 40.6 Å². The van der Waals surface area contributed by atoms with Crippen LogP contribution in [0.4, 0.5) is 22.0 Å². The van der Waals surface area contributed by atoms with Crippen LogP contribution in [-0.4, -0.2) is 29.9 Å². The Kier molecular flexibility index (Phi) is 5.53. The van der Waals surface area contributed by atoms with Crippen LogP contribution in [0, 0.1) is 29.1 Å². The van der Waals surface area contributed by atoms with E-state index in [0.717, 1.165) is 6.42 Å². The molecule has 0 saturated carbocycles. The van der Waals surface area contributed by atoms with Crippen LogP contribution in [-0.2, 0) is 6.42 Å². The third kappa shape index (κ3) is 3.45. The Bertz CT molecular complexity index is 856. The second-order valence-electron chi connectivity index (χ2n) is 6.48. The molecule has 0 bridgehead atoms. The Morgan fingerprint density at radius 2 is 1.70 bits per heavy atom. The maximum atomic E-state index is 13.7. The van der Waals surface area contributed by atoms with E-state index in [0.29, 0.717) is 6.54 Å². The highest BCUT2D eigenvalue weighted by Crippen LogP contribution is 2.35. The number of benzene rings is 1. The normalized spacial score (nSPS) is 19.8. The van der Waals surface area contributed by atoms with Crippen molar-refractivity contribution < 1.29 is 26.7 Å². The molecule has 0 spiro atoms. The number of fused-ring (bicyclic) bond motifs is 1. The summed E-state index contributed by atoms with van der Waals surface area (Å²) in [7, 11) is 0. The van der Waals surface area contributed by atoms with Gasteiger partial charge >= 0.3 is 0 Å². The SMILES string of the molecule is CC1Cc2ccsc2C(C)N1CCNC(=O)c1c(F)c(F)c(F)c(F)c1F. The number of hydrogen-bond donors (Lipinski definition) is 1. The van der Waals surface area contributed by atoms with Crippen LogP contribution in [0.2, 0.25) is 0 Å². The highest BCUT2D eigenvalue weighted by Gasteiger charge is 2.31. The molecule has 0 fully saturated rings. The number of carbonyl (C=O) groups excluding carboxylic acids is 1. The number of nitrogens with one attached hydrogen (secondary N) is 1. The first-order valence-electron chi connectivity index (χ1n) is 8.35. The van der Waals surface area contributed by atoms with Crippen molar-refractivity contribution in [3.63, 3.8) is 0 Å². The van der Waals surface area contributed by atoms with E-state index >= 15 is 0 Å². The molecule has 1 aromatic carbocycles. The van der Waals surface area contributed by atoms with Crippen molar-refractivity contribution in [3.8, 4) is 0 Å². The second-order valence-corrected chi connectivity index (χ2v) is 7.43. The zero-order valence-electron chi connectivity index (χ0n) is 14.6. The van der Waals surface area contributed by atoms with Gasteiger partial charge in [-0.2, -0.15) is 0 Å². The van der Waals surface area contributed by atoms with Crippen LogP contribution in [0.3, 0.4) is 0 Å². The van der Waals surface area contributed by atoms with Crippen LogP contribution in [0.25, 0.3) is 0 Å². The molecule has 2 unspecified atom stereocenters. The number of amides is 1. The molecule has 1 N–H and O–H groups in total. The molecule has 1 amide bonds. The molecule has 146 valence electrons. The highest BCUT2D eigenvalue weighted by molar-refractivity contribution is 7.10. The lowest BCUT2D eigenvalue weighted by Crippen LogP contribution is -2.44. The van der Waals surface area contributed by atoms with Gasteiger partial charge in [-0.05, 0) is 37.3 Å². The molecule has 2 atom stereocenters. The predicted octanol–water partition coefficient (Wildman–Crippen LogP) is 4.18. The molecule has 3 rings (SSSR count). The lowest BCUT2D eigenvalue weighted by atomic mass is 9.97. The second kappa shape index (κ2) is 7.55. The van der Waals surface area contributed by atoms with Crippen LogP contribution in [0.5, 0.6) is 0 Å². The summed E-state index contributed by atoms with van der Waals surface area (Å²) in [6.07, 6.45) is 0.842. The van der Waals surface area contributed by atoms with Gasteiger partial charge in [-0.1, -0.05) is 0 Å². The quantitative estimate of drug-likeness (QED) is 0.471. The molecule has 0 radical (unpaired) electrons. The summed E-state index contributed by atoms with van der Waals surface area (Å²) in [5, 5.41) is 4.26. The number of halogens is 5. The first kappa shape index (κ1) is 19.8. The van der Waals surface area contributed by atoms with Gasteiger partial charge in [0.15, 0.2) is 23.3 Å². The summed E-state index contributed by atoms with van der Waals surface area (Å²) < 4.78 is 66.9. The smallest absolute Gasteiger partial charge is 0.257 e. The van der Waals surface area contributed by atoms with Crippen molar-refractivity contribution in [1.29, 1.82) is 0 Å². The van der Waals surface area contributed by atoms with Crippen LogP contribution in [0.15, 0.2) is 11.4 Å². The minimum atomic E-state index is -2.29. The Morgan fingerprint density at radius 3 is 2.33 bits per heavy atom. The molecule has 1 aromatic heterocycles. The van der Waals surface area contributed by atoms with E-state index in [1.807, 2.05) is 19.2 Å². The van der Waals surface area contributed by atoms with Gasteiger partial charge in [0.2, 0.25) is 5.82 Å². The van der Waals surface area contributed by atoms with Gasteiger partial charge in [-0.3, -0.25) is 9.69 Å². The summed E-state index contributed by atoms with van der Waals surface area (Å²) in [6.45, 7) is 4.44. The lowest BCUT2D eigenvalue weighted by Gasteiger charge is -2.38. The predicted molar refractivity (Wildman–Crippen MR) is 91.2 cm³/mol. The molecule has 3 nitrogen and oxygen atoms in total. The van der Waals surface area contributed by atoms with E-state index in [4.69, 9.17) is 0 Å². The van der Waals surface area contributed by atoms with Crippen molar-refractivity contribution >= 4 is 17.2 Å². The standard InChI is InChI=1S/C18H17F5N2OS/c1-8-7-10-3-6-27-17(10)9(2)25(8)5-4-24-18(26)11-12(19)14(21)16(23)15(22)13(11)20/h3,6,8-9H,4-5,7H2,1-2H3,(H,24,26). The van der Waals surface area contributed by atoms with Gasteiger partial charge in [0.25, 0.3) is 5.91 Å². The summed E-state index contributed by atoms with van der Waals surface area (Å²) >= 11 is 1.64. The summed E-state index contributed by atoms with van der Waals surface area (Å²) in [5.74, 6) is -12.2. The van der Waals surface area contributed by atoms with Crippen molar-refractivity contribution in [3.05, 3.63) is 56.5 Å². The fourth-order valence-electron chi connectivity index (χ4n) is 3.46. The van der Waals surface area contributed by atoms with Gasteiger partial charge in [0.1, 0.15) is 5.56 Å². The number of carbonyl (C=O) groups is 1. The van der Waals surface area contributed by atoms with E-state index in [1.54, 1.807) is 11.3 Å². The van der Waals surface area contributed by atoms with Gasteiger partial charge < -0.3 is 5.32 Å². The van der Waals surface area contributed by atoms with E-state index in [-0.39, 0.29) is 18.6 Å². The van der Waals surface area contributed by atoms with Gasteiger partial charge in [-0.25, -0.2) is 22.0 Å². The maximum absolute atomic E-state index is 13.7. The van der Waals surface area contributed by atoms with Crippen LogP contribution < -0.4 is 5.32 Å². The van der Waals surface area contributed by atoms with Crippen molar-refractivity contribution in [2.45, 2.75) is 32.4 Å². The molecular weight excluding hydrogens is 387 g/mol. The van der Waals surface area contributed by atoms with E-state index in [1.165, 1.54) is 10.4 Å². The largest absolute Gasteiger partial charge is 0.351 e. The monoisotopic (exact) mass is 404 g/mol. The van der Waals surface area contributed by atoms with Gasteiger partial charge in [0.05, 0.1) is 0 Å². The highest BCUT2D eigenvalue weighted by atomic mass is 32.1. The van der Waals surface area contributed by atoms with Crippen LogP contribution in [0.1, 0.15) is 40.7 Å². The molecule has 9 heteroatoms. The molecule has 0 aliphatic carbocycles. The van der Waals surface area contributed by atoms with Gasteiger partial charge in [0, 0.05) is 30.1 Å². The minimum absolute atomic E-state index is 0.00766. The fraction of sp³-hybridized carbons (Fsp3) is 0.389. The summed E-state index contributed by atoms with van der Waals surface area (Å²) in [4.78, 5) is 15.3. The Balaban J connectivity index is 1.69. The van der Waals surface area contributed by atoms with Gasteiger partial charge in [-0.15, -0.1) is 11.3 Å². The molecule has 0 saturated heterocycles. The molecular formula is C18H17F5N2OS. The number of nitrogens with zero attached hydrogens (tertiary/aromatic N) is 1. The van der Waals surface area contributed by atoms with Crippen molar-refractivity contribution in [2.24, 2.45) is 0 Å². The molecule has 2 aromatic rings. The zero-order valence-corrected chi connectivity index (χ0v) is 15.4. The topological polar surface area (TPSA) is 32.3 Å². The Labute approximate surface area is 156 Å². The Hall–Kier alpha value is -2.00. The maximum Gasteiger partial charge on any atom is 0.257 e. The van der Waals surface area contributed by atoms with Crippen LogP contribution >= 0.6 is 11.3 Å². The number of rotatable bonds is 4. The summed E-state index contributed by atoms with van der Waals surface area (Å²) in [6, 6.07) is 2.37. The average Bonchev–Trinajstić information content (AvgIpc) is 3.09. The number of thiophene rings is 1. The molecule has 1 aliphatic rings. The molecule has 1 aliphatic heterocycles. The third-order valence-electron chi connectivity index (χ3n) is 4.83. The van der Waals surface area contributed by atoms with Crippen molar-refractivity contribution in [1.82, 2.24) is 10.2 Å². The first-order valence-corrected chi connectivity index (χ1v) is 9.23. The fourth-order valence-corrected chi connectivity index (χ4v) is 4.47. The Morgan fingerprint density at radius 1 is 1.11 bits per heavy atom. The third-order valence-corrected chi connectivity index (χ3v) is 5.96. The zero-order chi connectivity index (χ0) is 19.9. The molecule has 27 heavy (non-hydrogen) atoms.